The molecule has 2 aromatic rings. The monoisotopic (exact) mass is 351 g/mol. The number of benzene rings is 1. The lowest BCUT2D eigenvalue weighted by Crippen LogP contribution is -2.48. The van der Waals surface area contributed by atoms with E-state index in [1.807, 2.05) is 11.0 Å². The number of piperazine rings is 1. The maximum Gasteiger partial charge on any atom is 0.433 e. The van der Waals surface area contributed by atoms with Gasteiger partial charge < -0.3 is 14.9 Å². The van der Waals surface area contributed by atoms with Gasteiger partial charge >= 0.3 is 6.18 Å². The van der Waals surface area contributed by atoms with Gasteiger partial charge in [0.25, 0.3) is 5.91 Å². The molecule has 1 N–H and O–H groups in total. The number of carbonyl (C=O) groups is 1. The summed E-state index contributed by atoms with van der Waals surface area (Å²) in [5.41, 5.74) is -0.191. The summed E-state index contributed by atoms with van der Waals surface area (Å²) in [6.45, 7) is 1.87. The molecule has 0 radical (unpaired) electrons. The Morgan fingerprint density at radius 2 is 1.72 bits per heavy atom. The van der Waals surface area contributed by atoms with Crippen LogP contribution in [0.5, 0.6) is 5.75 Å². The van der Waals surface area contributed by atoms with Crippen molar-refractivity contribution in [3.8, 4) is 5.75 Å². The molecule has 0 unspecified atom stereocenters. The number of alkyl halides is 3. The third-order valence-electron chi connectivity index (χ3n) is 4.09. The molecular weight excluding hydrogens is 335 g/mol. The van der Waals surface area contributed by atoms with Crippen molar-refractivity contribution in [3.05, 3.63) is 53.9 Å². The summed E-state index contributed by atoms with van der Waals surface area (Å²) < 4.78 is 37.6. The molecule has 0 bridgehead atoms. The fourth-order valence-electron chi connectivity index (χ4n) is 2.75. The van der Waals surface area contributed by atoms with Gasteiger partial charge in [0.1, 0.15) is 11.4 Å². The number of pyridine rings is 1. The van der Waals surface area contributed by atoms with Crippen molar-refractivity contribution in [2.45, 2.75) is 6.18 Å². The Labute approximate surface area is 142 Å². The summed E-state index contributed by atoms with van der Waals surface area (Å²) in [6.07, 6.45) is -3.56. The zero-order chi connectivity index (χ0) is 18.0. The molecule has 1 amide bonds. The lowest BCUT2D eigenvalue weighted by atomic mass is 10.2. The average Bonchev–Trinajstić information content (AvgIpc) is 2.61. The summed E-state index contributed by atoms with van der Waals surface area (Å²) in [6, 6.07) is 8.91. The number of nitrogens with zero attached hydrogens (tertiary/aromatic N) is 3. The van der Waals surface area contributed by atoms with Gasteiger partial charge in [0.05, 0.1) is 11.3 Å². The minimum Gasteiger partial charge on any atom is -0.506 e. The Morgan fingerprint density at radius 1 is 1.04 bits per heavy atom. The van der Waals surface area contributed by atoms with E-state index in [1.165, 1.54) is 0 Å². The Bertz CT molecular complexity index is 754. The summed E-state index contributed by atoms with van der Waals surface area (Å²) >= 11 is 0. The number of aromatic hydroxyl groups is 1. The molecule has 3 rings (SSSR count). The number of rotatable bonds is 2. The molecule has 1 aliphatic heterocycles. The van der Waals surface area contributed by atoms with Gasteiger partial charge in [-0.05, 0) is 24.3 Å². The zero-order valence-corrected chi connectivity index (χ0v) is 13.2. The molecule has 2 heterocycles. The number of aromatic nitrogens is 1. The molecule has 0 atom stereocenters. The molecule has 0 saturated carbocycles. The van der Waals surface area contributed by atoms with Gasteiger partial charge in [-0.25, -0.2) is 0 Å². The van der Waals surface area contributed by atoms with Gasteiger partial charge in [-0.2, -0.15) is 13.2 Å². The first kappa shape index (κ1) is 17.1. The largest absolute Gasteiger partial charge is 0.506 e. The lowest BCUT2D eigenvalue weighted by Gasteiger charge is -2.36. The molecule has 1 aromatic carbocycles. The van der Waals surface area contributed by atoms with E-state index < -0.39 is 11.9 Å². The number of anilines is 1. The van der Waals surface area contributed by atoms with E-state index in [0.717, 1.165) is 18.3 Å². The van der Waals surface area contributed by atoms with Gasteiger partial charge in [-0.3, -0.25) is 9.78 Å². The van der Waals surface area contributed by atoms with Crippen molar-refractivity contribution in [2.24, 2.45) is 0 Å². The van der Waals surface area contributed by atoms with Crippen LogP contribution in [0.3, 0.4) is 0 Å². The number of phenolic OH excluding ortho intramolecular Hbond substituents is 1. The molecule has 1 saturated heterocycles. The predicted octanol–water partition coefficient (Wildman–Crippen LogP) is 2.77. The fourth-order valence-corrected chi connectivity index (χ4v) is 2.75. The van der Waals surface area contributed by atoms with Crippen molar-refractivity contribution >= 4 is 11.6 Å². The normalized spacial score (nSPS) is 15.3. The quantitative estimate of drug-likeness (QED) is 0.904. The maximum atomic E-state index is 12.5. The highest BCUT2D eigenvalue weighted by atomic mass is 19.4. The lowest BCUT2D eigenvalue weighted by molar-refractivity contribution is -0.141. The number of hydrogen-bond acceptors (Lipinski definition) is 4. The highest BCUT2D eigenvalue weighted by Gasteiger charge is 2.32. The smallest absolute Gasteiger partial charge is 0.433 e. The molecule has 1 aliphatic rings. The highest BCUT2D eigenvalue weighted by Crippen LogP contribution is 2.28. The summed E-state index contributed by atoms with van der Waals surface area (Å²) in [7, 11) is 0. The summed E-state index contributed by atoms with van der Waals surface area (Å²) in [5.74, 6) is -0.174. The first-order valence-electron chi connectivity index (χ1n) is 7.72. The third kappa shape index (κ3) is 3.67. The Morgan fingerprint density at radius 3 is 2.28 bits per heavy atom. The van der Waals surface area contributed by atoms with Crippen molar-refractivity contribution in [1.82, 2.24) is 9.88 Å². The average molecular weight is 351 g/mol. The molecule has 0 aliphatic carbocycles. The summed E-state index contributed by atoms with van der Waals surface area (Å²) in [5, 5.41) is 9.89. The molecule has 0 spiro atoms. The van der Waals surface area contributed by atoms with Gasteiger partial charge in [-0.15, -0.1) is 0 Å². The number of phenols is 1. The van der Waals surface area contributed by atoms with Crippen LogP contribution in [0.1, 0.15) is 16.1 Å². The van der Waals surface area contributed by atoms with Crippen LogP contribution in [0.4, 0.5) is 18.9 Å². The maximum absolute atomic E-state index is 12.5. The van der Waals surface area contributed by atoms with E-state index in [9.17, 15) is 23.1 Å². The minimum absolute atomic E-state index is 0.129. The SMILES string of the molecule is O=C(c1ccc(C(F)(F)F)nc1)N1CCN(c2ccccc2O)CC1. The van der Waals surface area contributed by atoms with E-state index >= 15 is 0 Å². The Balaban J connectivity index is 1.65. The standard InChI is InChI=1S/C17H16F3N3O2/c18-17(19,20)15-6-5-12(11-21-15)16(25)23-9-7-22(8-10-23)13-3-1-2-4-14(13)24/h1-6,11,24H,7-10H2. The van der Waals surface area contributed by atoms with E-state index in [4.69, 9.17) is 0 Å². The van der Waals surface area contributed by atoms with Crippen molar-refractivity contribution in [2.75, 3.05) is 31.1 Å². The Hall–Kier alpha value is -2.77. The summed E-state index contributed by atoms with van der Waals surface area (Å²) in [4.78, 5) is 19.3. The third-order valence-corrected chi connectivity index (χ3v) is 4.09. The van der Waals surface area contributed by atoms with Gasteiger partial charge in [0, 0.05) is 32.4 Å². The molecule has 132 valence electrons. The molecule has 8 heteroatoms. The van der Waals surface area contributed by atoms with Crippen LogP contribution < -0.4 is 4.90 Å². The molecular formula is C17H16F3N3O2. The van der Waals surface area contributed by atoms with E-state index in [2.05, 4.69) is 4.98 Å². The molecule has 5 nitrogen and oxygen atoms in total. The van der Waals surface area contributed by atoms with E-state index in [0.29, 0.717) is 31.9 Å². The number of amides is 1. The van der Waals surface area contributed by atoms with Crippen LogP contribution in [0, 0.1) is 0 Å². The van der Waals surface area contributed by atoms with Crippen LogP contribution in [-0.2, 0) is 6.18 Å². The fraction of sp³-hybridized carbons (Fsp3) is 0.294. The first-order chi connectivity index (χ1) is 11.9. The van der Waals surface area contributed by atoms with Crippen LogP contribution >= 0.6 is 0 Å². The van der Waals surface area contributed by atoms with Gasteiger partial charge in [0.15, 0.2) is 0 Å². The first-order valence-corrected chi connectivity index (χ1v) is 7.72. The van der Waals surface area contributed by atoms with E-state index in [1.54, 1.807) is 23.1 Å². The second-order valence-electron chi connectivity index (χ2n) is 5.70. The van der Waals surface area contributed by atoms with Crippen molar-refractivity contribution < 1.29 is 23.1 Å². The number of hydrogen-bond donors (Lipinski definition) is 1. The van der Waals surface area contributed by atoms with Crippen molar-refractivity contribution in [3.63, 3.8) is 0 Å². The predicted molar refractivity (Wildman–Crippen MR) is 85.5 cm³/mol. The van der Waals surface area contributed by atoms with Crippen LogP contribution in [-0.4, -0.2) is 47.1 Å². The van der Waals surface area contributed by atoms with Crippen LogP contribution in [0.2, 0.25) is 0 Å². The van der Waals surface area contributed by atoms with Crippen LogP contribution in [0.25, 0.3) is 0 Å². The van der Waals surface area contributed by atoms with E-state index in [-0.39, 0.29) is 17.2 Å². The van der Waals surface area contributed by atoms with Gasteiger partial charge in [0.2, 0.25) is 0 Å². The van der Waals surface area contributed by atoms with Crippen molar-refractivity contribution in [1.29, 1.82) is 0 Å². The van der Waals surface area contributed by atoms with Crippen LogP contribution in [0.15, 0.2) is 42.6 Å². The second kappa shape index (κ2) is 6.62. The number of para-hydroxylation sites is 2. The molecule has 1 fully saturated rings. The molecule has 1 aromatic heterocycles. The Kier molecular flexibility index (Phi) is 4.52. The minimum atomic E-state index is -4.52. The topological polar surface area (TPSA) is 56.7 Å². The number of halogens is 3. The highest BCUT2D eigenvalue weighted by molar-refractivity contribution is 5.94. The second-order valence-corrected chi connectivity index (χ2v) is 5.70. The molecule has 25 heavy (non-hydrogen) atoms. The number of carbonyl (C=O) groups excluding carboxylic acids is 1. The zero-order valence-electron chi connectivity index (χ0n) is 13.2. The van der Waals surface area contributed by atoms with Gasteiger partial charge in [-0.1, -0.05) is 12.1 Å².